The topological polar surface area (TPSA) is 4.93 Å². The summed E-state index contributed by atoms with van der Waals surface area (Å²) in [5, 5.41) is 0. The minimum atomic E-state index is 0.359. The Morgan fingerprint density at radius 2 is 2.15 bits per heavy atom. The van der Waals surface area contributed by atoms with Crippen molar-refractivity contribution < 1.29 is 0 Å². The lowest BCUT2D eigenvalue weighted by atomic mass is 9.73. The molecule has 1 aromatic rings. The molecule has 0 aliphatic carbocycles. The fourth-order valence-corrected chi connectivity index (χ4v) is 2.83. The van der Waals surface area contributed by atoms with E-state index in [1.54, 1.807) is 0 Å². The van der Waals surface area contributed by atoms with Gasteiger partial charge in [-0.25, -0.2) is 0 Å². The van der Waals surface area contributed by atoms with Gasteiger partial charge in [0.05, 0.1) is 0 Å². The van der Waals surface area contributed by atoms with E-state index in [0.29, 0.717) is 5.41 Å². The van der Waals surface area contributed by atoms with Gasteiger partial charge in [0.1, 0.15) is 0 Å². The van der Waals surface area contributed by atoms with Gasteiger partial charge in [-0.1, -0.05) is 27.7 Å². The van der Waals surface area contributed by atoms with Gasteiger partial charge in [-0.2, -0.15) is 0 Å². The maximum Gasteiger partial charge on any atom is 0.0262 e. The highest BCUT2D eigenvalue weighted by atomic mass is 15.0. The van der Waals surface area contributed by atoms with Gasteiger partial charge >= 0.3 is 0 Å². The van der Waals surface area contributed by atoms with Crippen LogP contribution in [-0.4, -0.2) is 4.57 Å². The molecule has 1 unspecified atom stereocenters. The van der Waals surface area contributed by atoms with Crippen LogP contribution in [0.4, 0.5) is 0 Å². The van der Waals surface area contributed by atoms with E-state index < -0.39 is 0 Å². The van der Waals surface area contributed by atoms with Crippen LogP contribution in [0.1, 0.15) is 33.4 Å². The summed E-state index contributed by atoms with van der Waals surface area (Å²) in [6, 6.07) is 4.43. The molecule has 0 bridgehead atoms. The molecule has 2 heterocycles. The smallest absolute Gasteiger partial charge is 0.0262 e. The van der Waals surface area contributed by atoms with Crippen molar-refractivity contribution in [2.24, 2.45) is 11.8 Å². The standard InChI is InChI=1S/C12H19N/c1-9(2)10-8-13-7-5-6-11(13)12(10,3)4/h5-7,9-10H,8H2,1-4H3. The monoisotopic (exact) mass is 177 g/mol. The van der Waals surface area contributed by atoms with E-state index in [9.17, 15) is 0 Å². The van der Waals surface area contributed by atoms with Crippen molar-refractivity contribution in [2.45, 2.75) is 39.7 Å². The van der Waals surface area contributed by atoms with Crippen LogP contribution >= 0.6 is 0 Å². The predicted molar refractivity (Wildman–Crippen MR) is 55.8 cm³/mol. The fourth-order valence-electron chi connectivity index (χ4n) is 2.83. The molecule has 1 atom stereocenters. The molecule has 1 aliphatic heterocycles. The van der Waals surface area contributed by atoms with Gasteiger partial charge in [0.15, 0.2) is 0 Å². The number of rotatable bonds is 1. The third-order valence-corrected chi connectivity index (χ3v) is 3.61. The van der Waals surface area contributed by atoms with Crippen LogP contribution in [0.25, 0.3) is 0 Å². The first-order valence-electron chi connectivity index (χ1n) is 5.19. The number of hydrogen-bond donors (Lipinski definition) is 0. The van der Waals surface area contributed by atoms with Gasteiger partial charge < -0.3 is 4.57 Å². The Morgan fingerprint density at radius 1 is 1.46 bits per heavy atom. The molecule has 0 radical (unpaired) electrons. The molecule has 0 aromatic carbocycles. The zero-order valence-corrected chi connectivity index (χ0v) is 9.04. The van der Waals surface area contributed by atoms with Gasteiger partial charge in [0.25, 0.3) is 0 Å². The second-order valence-corrected chi connectivity index (χ2v) is 5.12. The lowest BCUT2D eigenvalue weighted by molar-refractivity contribution is 0.257. The molecule has 0 saturated heterocycles. The van der Waals surface area contributed by atoms with Crippen LogP contribution in [0.5, 0.6) is 0 Å². The van der Waals surface area contributed by atoms with Crippen molar-refractivity contribution in [1.29, 1.82) is 0 Å². The molecule has 2 rings (SSSR count). The van der Waals surface area contributed by atoms with E-state index in [1.807, 2.05) is 0 Å². The molecule has 13 heavy (non-hydrogen) atoms. The molecule has 0 saturated carbocycles. The largest absolute Gasteiger partial charge is 0.351 e. The molecule has 0 fully saturated rings. The summed E-state index contributed by atoms with van der Waals surface area (Å²) in [7, 11) is 0. The van der Waals surface area contributed by atoms with Crippen molar-refractivity contribution in [1.82, 2.24) is 4.57 Å². The van der Waals surface area contributed by atoms with Gasteiger partial charge in [0, 0.05) is 23.9 Å². The van der Waals surface area contributed by atoms with Crippen LogP contribution in [0.3, 0.4) is 0 Å². The van der Waals surface area contributed by atoms with Crippen molar-refractivity contribution in [3.05, 3.63) is 24.0 Å². The fraction of sp³-hybridized carbons (Fsp3) is 0.667. The maximum atomic E-state index is 2.41. The van der Waals surface area contributed by atoms with Crippen LogP contribution in [0.15, 0.2) is 18.3 Å². The molecule has 0 spiro atoms. The zero-order chi connectivity index (χ0) is 9.64. The minimum absolute atomic E-state index is 0.359. The Balaban J connectivity index is 2.40. The molecule has 72 valence electrons. The van der Waals surface area contributed by atoms with E-state index in [2.05, 4.69) is 50.6 Å². The highest BCUT2D eigenvalue weighted by molar-refractivity contribution is 5.23. The number of hydrogen-bond acceptors (Lipinski definition) is 0. The molecule has 1 nitrogen and oxygen atoms in total. The first kappa shape index (κ1) is 8.86. The molecular weight excluding hydrogens is 158 g/mol. The SMILES string of the molecule is CC(C)C1Cn2cccc2C1(C)C. The first-order chi connectivity index (χ1) is 6.03. The Labute approximate surface area is 80.8 Å². The summed E-state index contributed by atoms with van der Waals surface area (Å²) in [6.07, 6.45) is 2.21. The van der Waals surface area contributed by atoms with Crippen molar-refractivity contribution >= 4 is 0 Å². The zero-order valence-electron chi connectivity index (χ0n) is 9.04. The van der Waals surface area contributed by atoms with E-state index in [4.69, 9.17) is 0 Å². The van der Waals surface area contributed by atoms with Crippen molar-refractivity contribution in [3.8, 4) is 0 Å². The summed E-state index contributed by atoms with van der Waals surface area (Å²) in [5.74, 6) is 1.57. The Kier molecular flexibility index (Phi) is 1.79. The second kappa shape index (κ2) is 2.63. The normalized spacial score (nSPS) is 25.2. The summed E-state index contributed by atoms with van der Waals surface area (Å²) < 4.78 is 2.41. The Bertz CT molecular complexity index is 307. The summed E-state index contributed by atoms with van der Waals surface area (Å²) >= 11 is 0. The highest BCUT2D eigenvalue weighted by Gasteiger charge is 2.40. The van der Waals surface area contributed by atoms with E-state index >= 15 is 0 Å². The summed E-state index contributed by atoms with van der Waals surface area (Å²) in [6.45, 7) is 10.6. The third kappa shape index (κ3) is 1.13. The molecular formula is C12H19N. The number of aromatic nitrogens is 1. The Morgan fingerprint density at radius 3 is 2.69 bits per heavy atom. The summed E-state index contributed by atoms with van der Waals surface area (Å²) in [5.41, 5.74) is 1.86. The average Bonchev–Trinajstić information content (AvgIpc) is 2.52. The van der Waals surface area contributed by atoms with E-state index in [-0.39, 0.29) is 0 Å². The highest BCUT2D eigenvalue weighted by Crippen LogP contribution is 2.42. The van der Waals surface area contributed by atoms with E-state index in [1.165, 1.54) is 12.2 Å². The first-order valence-corrected chi connectivity index (χ1v) is 5.19. The average molecular weight is 177 g/mol. The lowest BCUT2D eigenvalue weighted by Gasteiger charge is -2.29. The van der Waals surface area contributed by atoms with Crippen molar-refractivity contribution in [2.75, 3.05) is 0 Å². The molecule has 1 heteroatoms. The van der Waals surface area contributed by atoms with Crippen molar-refractivity contribution in [3.63, 3.8) is 0 Å². The molecule has 0 amide bonds. The van der Waals surface area contributed by atoms with Gasteiger partial charge in [0.2, 0.25) is 0 Å². The Hall–Kier alpha value is -0.720. The lowest BCUT2D eigenvalue weighted by Crippen LogP contribution is -2.28. The second-order valence-electron chi connectivity index (χ2n) is 5.12. The van der Waals surface area contributed by atoms with Gasteiger partial charge in [-0.05, 0) is 24.0 Å². The van der Waals surface area contributed by atoms with Gasteiger partial charge in [-0.15, -0.1) is 0 Å². The molecule has 1 aromatic heterocycles. The number of nitrogens with zero attached hydrogens (tertiary/aromatic N) is 1. The minimum Gasteiger partial charge on any atom is -0.351 e. The predicted octanol–water partition coefficient (Wildman–Crippen LogP) is 3.05. The molecule has 1 aliphatic rings. The number of fused-ring (bicyclic) bond motifs is 1. The molecule has 0 N–H and O–H groups in total. The quantitative estimate of drug-likeness (QED) is 0.621. The maximum absolute atomic E-state index is 2.41. The van der Waals surface area contributed by atoms with Crippen LogP contribution in [0, 0.1) is 11.8 Å². The van der Waals surface area contributed by atoms with E-state index in [0.717, 1.165) is 11.8 Å². The van der Waals surface area contributed by atoms with Crippen LogP contribution in [0.2, 0.25) is 0 Å². The van der Waals surface area contributed by atoms with Crippen LogP contribution in [-0.2, 0) is 12.0 Å². The van der Waals surface area contributed by atoms with Gasteiger partial charge in [-0.3, -0.25) is 0 Å². The summed E-state index contributed by atoms with van der Waals surface area (Å²) in [4.78, 5) is 0. The third-order valence-electron chi connectivity index (χ3n) is 3.61. The van der Waals surface area contributed by atoms with Crippen LogP contribution < -0.4 is 0 Å².